The highest BCUT2D eigenvalue weighted by Crippen LogP contribution is 2.29. The van der Waals surface area contributed by atoms with E-state index in [1.807, 2.05) is 30.5 Å². The molecular formula is C19H17N3O3S2. The second-order valence-electron chi connectivity index (χ2n) is 6.22. The van der Waals surface area contributed by atoms with Gasteiger partial charge in [-0.1, -0.05) is 6.07 Å². The van der Waals surface area contributed by atoms with Crippen LogP contribution in [0.25, 0.3) is 10.2 Å². The second-order valence-corrected chi connectivity index (χ2v) is 8.25. The van der Waals surface area contributed by atoms with Gasteiger partial charge in [0.1, 0.15) is 10.6 Å². The van der Waals surface area contributed by atoms with Crippen LogP contribution in [-0.2, 0) is 20.1 Å². The standard InChI is InChI=1S/C19H17N3O3S2/c1-12-15-17(20-11-21(2)18(15)23)27-16(12)19(24)22(9-13-5-3-7-25-13)10-14-6-4-8-26-14/h3-8,11H,9-10H2,1-2H3. The molecular weight excluding hydrogens is 382 g/mol. The first-order valence-electron chi connectivity index (χ1n) is 8.33. The molecule has 4 aromatic heterocycles. The van der Waals surface area contributed by atoms with Gasteiger partial charge in [0.2, 0.25) is 0 Å². The Hall–Kier alpha value is -2.71. The third kappa shape index (κ3) is 3.33. The third-order valence-corrected chi connectivity index (χ3v) is 6.39. The van der Waals surface area contributed by atoms with Crippen LogP contribution in [0.5, 0.6) is 0 Å². The van der Waals surface area contributed by atoms with E-state index in [1.54, 1.807) is 35.6 Å². The van der Waals surface area contributed by atoms with E-state index in [9.17, 15) is 9.59 Å². The summed E-state index contributed by atoms with van der Waals surface area (Å²) in [5.41, 5.74) is 0.549. The number of carbonyl (C=O) groups is 1. The number of hydrogen-bond acceptors (Lipinski definition) is 6. The predicted molar refractivity (Wildman–Crippen MR) is 106 cm³/mol. The summed E-state index contributed by atoms with van der Waals surface area (Å²) in [5, 5.41) is 2.51. The van der Waals surface area contributed by atoms with Crippen molar-refractivity contribution in [2.24, 2.45) is 7.05 Å². The Morgan fingerprint density at radius 2 is 2.15 bits per heavy atom. The number of rotatable bonds is 5. The normalized spacial score (nSPS) is 11.2. The number of nitrogens with zero attached hydrogens (tertiary/aromatic N) is 3. The fourth-order valence-corrected chi connectivity index (χ4v) is 4.76. The van der Waals surface area contributed by atoms with Gasteiger partial charge in [-0.3, -0.25) is 9.59 Å². The molecule has 0 saturated carbocycles. The summed E-state index contributed by atoms with van der Waals surface area (Å²) >= 11 is 2.87. The van der Waals surface area contributed by atoms with Gasteiger partial charge < -0.3 is 13.9 Å². The molecule has 0 aliphatic carbocycles. The average molecular weight is 399 g/mol. The molecule has 8 heteroatoms. The molecule has 0 aliphatic rings. The number of hydrogen-bond donors (Lipinski definition) is 0. The van der Waals surface area contributed by atoms with Crippen molar-refractivity contribution in [1.82, 2.24) is 14.5 Å². The maximum atomic E-state index is 13.3. The largest absolute Gasteiger partial charge is 0.467 e. The van der Waals surface area contributed by atoms with Gasteiger partial charge in [-0.2, -0.15) is 0 Å². The van der Waals surface area contributed by atoms with Crippen molar-refractivity contribution in [3.8, 4) is 0 Å². The van der Waals surface area contributed by atoms with E-state index in [-0.39, 0.29) is 11.5 Å². The Bertz CT molecular complexity index is 1110. The lowest BCUT2D eigenvalue weighted by atomic mass is 10.2. The summed E-state index contributed by atoms with van der Waals surface area (Å²) < 4.78 is 6.87. The Balaban J connectivity index is 1.74. The zero-order chi connectivity index (χ0) is 19.0. The lowest BCUT2D eigenvalue weighted by molar-refractivity contribution is 0.0724. The van der Waals surface area contributed by atoms with Crippen LogP contribution in [0.2, 0.25) is 0 Å². The lowest BCUT2D eigenvalue weighted by Crippen LogP contribution is -2.29. The van der Waals surface area contributed by atoms with Gasteiger partial charge in [-0.05, 0) is 36.1 Å². The number of carbonyl (C=O) groups excluding carboxylic acids is 1. The summed E-state index contributed by atoms with van der Waals surface area (Å²) in [6, 6.07) is 7.63. The first kappa shape index (κ1) is 17.7. The van der Waals surface area contributed by atoms with Gasteiger partial charge in [0.05, 0.1) is 35.9 Å². The number of amides is 1. The summed E-state index contributed by atoms with van der Waals surface area (Å²) in [6.07, 6.45) is 3.09. The maximum Gasteiger partial charge on any atom is 0.265 e. The van der Waals surface area contributed by atoms with Crippen molar-refractivity contribution < 1.29 is 9.21 Å². The van der Waals surface area contributed by atoms with Gasteiger partial charge in [-0.25, -0.2) is 4.98 Å². The van der Waals surface area contributed by atoms with E-state index >= 15 is 0 Å². The number of aromatic nitrogens is 2. The Morgan fingerprint density at radius 3 is 2.85 bits per heavy atom. The molecule has 4 heterocycles. The van der Waals surface area contributed by atoms with Gasteiger partial charge in [0.25, 0.3) is 11.5 Å². The minimum absolute atomic E-state index is 0.123. The first-order valence-corrected chi connectivity index (χ1v) is 10.0. The maximum absolute atomic E-state index is 13.3. The van der Waals surface area contributed by atoms with Crippen LogP contribution in [0.15, 0.2) is 51.4 Å². The van der Waals surface area contributed by atoms with Crippen LogP contribution in [0.1, 0.15) is 25.9 Å². The second kappa shape index (κ2) is 7.13. The van der Waals surface area contributed by atoms with Crippen LogP contribution in [0.3, 0.4) is 0 Å². The molecule has 0 saturated heterocycles. The molecule has 0 spiro atoms. The minimum atomic E-state index is -0.136. The highest BCUT2D eigenvalue weighted by Gasteiger charge is 2.24. The molecule has 4 rings (SSSR count). The smallest absolute Gasteiger partial charge is 0.265 e. The molecule has 0 aromatic carbocycles. The van der Waals surface area contributed by atoms with Crippen molar-refractivity contribution in [3.63, 3.8) is 0 Å². The summed E-state index contributed by atoms with van der Waals surface area (Å²) in [5.74, 6) is 0.593. The molecule has 0 bridgehead atoms. The van der Waals surface area contributed by atoms with Crippen molar-refractivity contribution in [1.29, 1.82) is 0 Å². The first-order chi connectivity index (χ1) is 13.0. The molecule has 138 valence electrons. The monoisotopic (exact) mass is 399 g/mol. The van der Waals surface area contributed by atoms with Gasteiger partial charge in [-0.15, -0.1) is 22.7 Å². The quantitative estimate of drug-likeness (QED) is 0.512. The molecule has 0 aliphatic heterocycles. The van der Waals surface area contributed by atoms with Gasteiger partial charge >= 0.3 is 0 Å². The molecule has 0 unspecified atom stereocenters. The fraction of sp³-hybridized carbons (Fsp3) is 0.211. The molecule has 0 N–H and O–H groups in total. The van der Waals surface area contributed by atoms with E-state index in [0.717, 1.165) is 4.88 Å². The van der Waals surface area contributed by atoms with Crippen LogP contribution < -0.4 is 5.56 Å². The molecule has 0 atom stereocenters. The summed E-state index contributed by atoms with van der Waals surface area (Å²) in [6.45, 7) is 2.66. The molecule has 1 amide bonds. The zero-order valence-corrected chi connectivity index (χ0v) is 16.5. The van der Waals surface area contributed by atoms with Gasteiger partial charge in [0, 0.05) is 11.9 Å². The average Bonchev–Trinajstić information content (AvgIpc) is 3.39. The Labute approximate surface area is 163 Å². The van der Waals surface area contributed by atoms with E-state index in [2.05, 4.69) is 4.98 Å². The highest BCUT2D eigenvalue weighted by molar-refractivity contribution is 7.20. The van der Waals surface area contributed by atoms with Crippen LogP contribution in [0, 0.1) is 6.92 Å². The van der Waals surface area contributed by atoms with Crippen molar-refractivity contribution in [2.45, 2.75) is 20.0 Å². The third-order valence-electron chi connectivity index (χ3n) is 4.35. The van der Waals surface area contributed by atoms with Crippen molar-refractivity contribution in [2.75, 3.05) is 0 Å². The Kier molecular flexibility index (Phi) is 4.67. The van der Waals surface area contributed by atoms with E-state index in [1.165, 1.54) is 22.2 Å². The molecule has 27 heavy (non-hydrogen) atoms. The SMILES string of the molecule is Cc1c(C(=O)N(Cc2ccco2)Cc2cccs2)sc2ncn(C)c(=O)c12. The molecule has 0 fully saturated rings. The molecule has 4 aromatic rings. The Morgan fingerprint density at radius 1 is 1.30 bits per heavy atom. The topological polar surface area (TPSA) is 68.3 Å². The van der Waals surface area contributed by atoms with Crippen LogP contribution >= 0.6 is 22.7 Å². The van der Waals surface area contributed by atoms with Crippen molar-refractivity contribution >= 4 is 38.8 Å². The fourth-order valence-electron chi connectivity index (χ4n) is 2.94. The molecule has 0 radical (unpaired) electrons. The van der Waals surface area contributed by atoms with Crippen molar-refractivity contribution in [3.05, 3.63) is 73.7 Å². The zero-order valence-electron chi connectivity index (χ0n) is 14.8. The number of aryl methyl sites for hydroxylation is 2. The summed E-state index contributed by atoms with van der Waals surface area (Å²) in [7, 11) is 1.66. The van der Waals surface area contributed by atoms with Crippen LogP contribution in [0.4, 0.5) is 0 Å². The summed E-state index contributed by atoms with van der Waals surface area (Å²) in [4.78, 5) is 34.1. The van der Waals surface area contributed by atoms with E-state index in [4.69, 9.17) is 4.42 Å². The molecule has 6 nitrogen and oxygen atoms in total. The predicted octanol–water partition coefficient (Wildman–Crippen LogP) is 3.80. The van der Waals surface area contributed by atoms with Crippen LogP contribution in [-0.4, -0.2) is 20.4 Å². The van der Waals surface area contributed by atoms with E-state index in [0.29, 0.717) is 39.5 Å². The minimum Gasteiger partial charge on any atom is -0.467 e. The number of thiophene rings is 2. The lowest BCUT2D eigenvalue weighted by Gasteiger charge is -2.20. The number of fused-ring (bicyclic) bond motifs is 1. The van der Waals surface area contributed by atoms with Gasteiger partial charge in [0.15, 0.2) is 0 Å². The van der Waals surface area contributed by atoms with E-state index < -0.39 is 0 Å². The number of furan rings is 1. The highest BCUT2D eigenvalue weighted by atomic mass is 32.1.